The molecule has 1 fully saturated rings. The lowest BCUT2D eigenvalue weighted by Gasteiger charge is -2.14. The number of aliphatic hydroxyl groups is 1. The quantitative estimate of drug-likeness (QED) is 0.753. The van der Waals surface area contributed by atoms with Crippen molar-refractivity contribution in [1.29, 1.82) is 0 Å². The van der Waals surface area contributed by atoms with Crippen LogP contribution >= 0.6 is 11.6 Å². The van der Waals surface area contributed by atoms with Crippen molar-refractivity contribution in [2.45, 2.75) is 25.4 Å². The van der Waals surface area contributed by atoms with Gasteiger partial charge in [-0.3, -0.25) is 4.79 Å². The fourth-order valence-electron chi connectivity index (χ4n) is 2.07. The molecule has 4 nitrogen and oxygen atoms in total. The largest absolute Gasteiger partial charge is 0.393 e. The Balaban J connectivity index is 1.84. The zero-order valence-electron chi connectivity index (χ0n) is 8.87. The van der Waals surface area contributed by atoms with E-state index in [0.717, 1.165) is 19.3 Å². The molecule has 1 heterocycles. The van der Waals surface area contributed by atoms with E-state index < -0.39 is 0 Å². The molecule has 0 radical (unpaired) electrons. The van der Waals surface area contributed by atoms with Crippen molar-refractivity contribution in [2.75, 3.05) is 6.54 Å². The van der Waals surface area contributed by atoms with Crippen molar-refractivity contribution < 1.29 is 9.90 Å². The molecule has 1 aromatic heterocycles. The van der Waals surface area contributed by atoms with Crippen LogP contribution in [0.25, 0.3) is 0 Å². The number of nitrogens with one attached hydrogen (secondary N) is 2. The summed E-state index contributed by atoms with van der Waals surface area (Å²) in [5, 5.41) is 12.9. The number of aromatic amines is 1. The number of rotatable bonds is 3. The van der Waals surface area contributed by atoms with E-state index in [-0.39, 0.29) is 17.9 Å². The molecule has 2 unspecified atom stereocenters. The van der Waals surface area contributed by atoms with Gasteiger partial charge in [-0.15, -0.1) is 0 Å². The summed E-state index contributed by atoms with van der Waals surface area (Å²) in [7, 11) is 0. The maximum atomic E-state index is 11.6. The molecule has 0 saturated heterocycles. The standard InChI is InChI=1S/C11H15ClN2O2/c12-8-4-9(13-6-8)11(16)14-5-7-2-1-3-10(7)15/h4,6-7,10,13,15H,1-3,5H2,(H,14,16). The first-order chi connectivity index (χ1) is 7.66. The van der Waals surface area contributed by atoms with Gasteiger partial charge in [-0.2, -0.15) is 0 Å². The monoisotopic (exact) mass is 242 g/mol. The van der Waals surface area contributed by atoms with Crippen molar-refractivity contribution >= 4 is 17.5 Å². The SMILES string of the molecule is O=C(NCC1CCCC1O)c1cc(Cl)c[nH]1. The average molecular weight is 243 g/mol. The van der Waals surface area contributed by atoms with Crippen molar-refractivity contribution in [3.63, 3.8) is 0 Å². The first kappa shape index (κ1) is 11.5. The van der Waals surface area contributed by atoms with Crippen LogP contribution in [0.2, 0.25) is 5.02 Å². The highest BCUT2D eigenvalue weighted by Gasteiger charge is 2.25. The minimum absolute atomic E-state index is 0.175. The van der Waals surface area contributed by atoms with Crippen LogP contribution in [0.3, 0.4) is 0 Å². The normalized spacial score (nSPS) is 24.6. The predicted octanol–water partition coefficient (Wildman–Crippen LogP) is 1.56. The zero-order chi connectivity index (χ0) is 11.5. The van der Waals surface area contributed by atoms with Gasteiger partial charge < -0.3 is 15.4 Å². The Morgan fingerprint density at radius 1 is 1.62 bits per heavy atom. The molecule has 88 valence electrons. The number of carbonyl (C=O) groups is 1. The fourth-order valence-corrected chi connectivity index (χ4v) is 2.24. The minimum Gasteiger partial charge on any atom is -0.393 e. The van der Waals surface area contributed by atoms with Gasteiger partial charge in [-0.05, 0) is 18.9 Å². The van der Waals surface area contributed by atoms with Gasteiger partial charge in [0.1, 0.15) is 5.69 Å². The van der Waals surface area contributed by atoms with E-state index >= 15 is 0 Å². The molecule has 16 heavy (non-hydrogen) atoms. The summed E-state index contributed by atoms with van der Waals surface area (Å²) in [6.45, 7) is 0.524. The zero-order valence-corrected chi connectivity index (χ0v) is 9.63. The van der Waals surface area contributed by atoms with Crippen molar-refractivity contribution in [2.24, 2.45) is 5.92 Å². The highest BCUT2D eigenvalue weighted by atomic mass is 35.5. The number of hydrogen-bond donors (Lipinski definition) is 3. The molecule has 1 aromatic rings. The van der Waals surface area contributed by atoms with Gasteiger partial charge in [0, 0.05) is 18.7 Å². The number of halogens is 1. The van der Waals surface area contributed by atoms with Crippen LogP contribution in [0.5, 0.6) is 0 Å². The Kier molecular flexibility index (Phi) is 3.51. The Labute approximate surface area is 99.0 Å². The number of aliphatic hydroxyl groups excluding tert-OH is 1. The molecule has 1 aliphatic rings. The van der Waals surface area contributed by atoms with E-state index in [4.69, 9.17) is 11.6 Å². The number of amides is 1. The second kappa shape index (κ2) is 4.89. The van der Waals surface area contributed by atoms with Crippen LogP contribution in [-0.4, -0.2) is 28.6 Å². The lowest BCUT2D eigenvalue weighted by molar-refractivity contribution is 0.0912. The van der Waals surface area contributed by atoms with Crippen LogP contribution < -0.4 is 5.32 Å². The first-order valence-electron chi connectivity index (χ1n) is 5.47. The molecule has 3 N–H and O–H groups in total. The van der Waals surface area contributed by atoms with Gasteiger partial charge in [0.15, 0.2) is 0 Å². The summed E-state index contributed by atoms with van der Waals surface area (Å²) in [5.74, 6) is 0.0142. The summed E-state index contributed by atoms with van der Waals surface area (Å²) in [6.07, 6.45) is 4.16. The van der Waals surface area contributed by atoms with E-state index in [2.05, 4.69) is 10.3 Å². The molecule has 5 heteroatoms. The van der Waals surface area contributed by atoms with Gasteiger partial charge in [-0.25, -0.2) is 0 Å². The fraction of sp³-hybridized carbons (Fsp3) is 0.545. The maximum absolute atomic E-state index is 11.6. The van der Waals surface area contributed by atoms with E-state index in [9.17, 15) is 9.90 Å². The second-order valence-electron chi connectivity index (χ2n) is 4.20. The first-order valence-corrected chi connectivity index (χ1v) is 5.85. The van der Waals surface area contributed by atoms with Gasteiger partial charge in [0.25, 0.3) is 5.91 Å². The molecule has 1 saturated carbocycles. The van der Waals surface area contributed by atoms with Crippen LogP contribution in [0, 0.1) is 5.92 Å². The number of carbonyl (C=O) groups excluding carboxylic acids is 1. The molecule has 1 amide bonds. The minimum atomic E-state index is -0.271. The Morgan fingerprint density at radius 2 is 2.44 bits per heavy atom. The van der Waals surface area contributed by atoms with Crippen LogP contribution in [0.1, 0.15) is 29.8 Å². The summed E-state index contributed by atoms with van der Waals surface area (Å²) in [5.41, 5.74) is 0.456. The topological polar surface area (TPSA) is 65.1 Å². The maximum Gasteiger partial charge on any atom is 0.267 e. The smallest absolute Gasteiger partial charge is 0.267 e. The predicted molar refractivity (Wildman–Crippen MR) is 61.5 cm³/mol. The van der Waals surface area contributed by atoms with Gasteiger partial charge in [0.2, 0.25) is 0 Å². The summed E-state index contributed by atoms with van der Waals surface area (Å²) in [6, 6.07) is 1.59. The lowest BCUT2D eigenvalue weighted by Crippen LogP contribution is -2.32. The molecular formula is C11H15ClN2O2. The molecule has 0 bridgehead atoms. The summed E-state index contributed by atoms with van der Waals surface area (Å²) in [4.78, 5) is 14.4. The van der Waals surface area contributed by atoms with E-state index in [1.54, 1.807) is 12.3 Å². The van der Waals surface area contributed by atoms with Crippen LogP contribution in [0.15, 0.2) is 12.3 Å². The second-order valence-corrected chi connectivity index (χ2v) is 4.64. The molecular weight excluding hydrogens is 228 g/mol. The number of aromatic nitrogens is 1. The van der Waals surface area contributed by atoms with Gasteiger partial charge >= 0.3 is 0 Å². The van der Waals surface area contributed by atoms with Crippen molar-refractivity contribution in [3.05, 3.63) is 23.0 Å². The van der Waals surface area contributed by atoms with Crippen LogP contribution in [-0.2, 0) is 0 Å². The lowest BCUT2D eigenvalue weighted by atomic mass is 10.1. The Bertz CT molecular complexity index is 378. The van der Waals surface area contributed by atoms with Gasteiger partial charge in [0.05, 0.1) is 11.1 Å². The third-order valence-corrected chi connectivity index (χ3v) is 3.25. The van der Waals surface area contributed by atoms with Gasteiger partial charge in [-0.1, -0.05) is 18.0 Å². The molecule has 0 spiro atoms. The van der Waals surface area contributed by atoms with E-state index in [1.165, 1.54) is 0 Å². The summed E-state index contributed by atoms with van der Waals surface area (Å²) >= 11 is 5.70. The summed E-state index contributed by atoms with van der Waals surface area (Å²) < 4.78 is 0. The van der Waals surface area contributed by atoms with E-state index in [0.29, 0.717) is 17.3 Å². The molecule has 2 atom stereocenters. The molecule has 2 rings (SSSR count). The number of hydrogen-bond acceptors (Lipinski definition) is 2. The average Bonchev–Trinajstić information content (AvgIpc) is 2.84. The van der Waals surface area contributed by atoms with Crippen molar-refractivity contribution in [3.8, 4) is 0 Å². The molecule has 0 aliphatic heterocycles. The Morgan fingerprint density at radius 3 is 3.00 bits per heavy atom. The molecule has 0 aromatic carbocycles. The third-order valence-electron chi connectivity index (χ3n) is 3.04. The molecule has 1 aliphatic carbocycles. The van der Waals surface area contributed by atoms with Crippen molar-refractivity contribution in [1.82, 2.24) is 10.3 Å². The van der Waals surface area contributed by atoms with E-state index in [1.807, 2.05) is 0 Å². The Hall–Kier alpha value is -1.00. The highest BCUT2D eigenvalue weighted by molar-refractivity contribution is 6.30. The number of H-pyrrole nitrogens is 1. The highest BCUT2D eigenvalue weighted by Crippen LogP contribution is 2.24. The third kappa shape index (κ3) is 2.57. The van der Waals surface area contributed by atoms with Crippen LogP contribution in [0.4, 0.5) is 0 Å².